The molecule has 0 aromatic carbocycles. The molecular formula is C20H39N5O. The molecular weight excluding hydrogens is 326 g/mol. The van der Waals surface area contributed by atoms with E-state index in [1.54, 1.807) is 0 Å². The smallest absolute Gasteiger partial charge is 0.251 e. The van der Waals surface area contributed by atoms with E-state index in [1.165, 1.54) is 64.2 Å². The predicted molar refractivity (Wildman–Crippen MR) is 109 cm³/mol. The van der Waals surface area contributed by atoms with Crippen molar-refractivity contribution in [1.29, 1.82) is 0 Å². The van der Waals surface area contributed by atoms with Gasteiger partial charge in [-0.1, -0.05) is 78.1 Å². The Labute approximate surface area is 159 Å². The van der Waals surface area contributed by atoms with E-state index in [0.717, 1.165) is 25.9 Å². The van der Waals surface area contributed by atoms with Crippen LogP contribution in [0.1, 0.15) is 96.7 Å². The molecule has 6 heteroatoms. The molecule has 0 saturated carbocycles. The third-order valence-corrected chi connectivity index (χ3v) is 4.68. The molecule has 1 heterocycles. The highest BCUT2D eigenvalue weighted by Gasteiger charge is 2.12. The van der Waals surface area contributed by atoms with Crippen LogP contribution in [0.4, 0.5) is 11.9 Å². The monoisotopic (exact) mass is 365 g/mol. The van der Waals surface area contributed by atoms with Crippen molar-refractivity contribution in [2.24, 2.45) is 0 Å². The van der Waals surface area contributed by atoms with Gasteiger partial charge in [-0.3, -0.25) is 5.21 Å². The topological polar surface area (TPSA) is 74.2 Å². The van der Waals surface area contributed by atoms with Crippen LogP contribution in [0.15, 0.2) is 0 Å². The predicted octanol–water partition coefficient (Wildman–Crippen LogP) is 5.51. The Morgan fingerprint density at radius 2 is 1.23 bits per heavy atom. The minimum atomic E-state index is 0.225. The van der Waals surface area contributed by atoms with Crippen LogP contribution in [-0.4, -0.2) is 33.2 Å². The number of nitrogens with zero attached hydrogens (tertiary/aromatic N) is 4. The number of unbranched alkanes of at least 4 members (excludes halogenated alkanes) is 10. The van der Waals surface area contributed by atoms with Gasteiger partial charge in [-0.05, 0) is 19.8 Å². The molecule has 1 aromatic rings. The molecule has 0 aliphatic heterocycles. The summed E-state index contributed by atoms with van der Waals surface area (Å²) in [4.78, 5) is 15.2. The molecule has 26 heavy (non-hydrogen) atoms. The molecule has 0 amide bonds. The van der Waals surface area contributed by atoms with Gasteiger partial charge in [-0.2, -0.15) is 15.0 Å². The van der Waals surface area contributed by atoms with E-state index in [0.29, 0.717) is 11.8 Å². The van der Waals surface area contributed by atoms with E-state index in [2.05, 4.69) is 39.2 Å². The fraction of sp³-hybridized carbons (Fsp3) is 0.850. The molecule has 0 aliphatic rings. The van der Waals surface area contributed by atoms with Gasteiger partial charge in [-0.15, -0.1) is 0 Å². The molecule has 0 saturated heterocycles. The molecule has 0 atom stereocenters. The van der Waals surface area contributed by atoms with E-state index in [1.807, 2.05) is 6.92 Å². The van der Waals surface area contributed by atoms with Crippen LogP contribution in [-0.2, 0) is 0 Å². The Bertz CT molecular complexity index is 454. The number of anilines is 2. The number of rotatable bonds is 16. The highest BCUT2D eigenvalue weighted by molar-refractivity contribution is 5.35. The second-order valence-corrected chi connectivity index (χ2v) is 7.14. The van der Waals surface area contributed by atoms with Crippen LogP contribution in [0.3, 0.4) is 0 Å². The zero-order valence-corrected chi connectivity index (χ0v) is 17.1. The first-order chi connectivity index (χ1) is 12.7. The molecule has 150 valence electrons. The molecule has 1 aromatic heterocycles. The Hall–Kier alpha value is -1.43. The third-order valence-electron chi connectivity index (χ3n) is 4.68. The first-order valence-corrected chi connectivity index (χ1v) is 10.6. The Balaban J connectivity index is 2.53. The van der Waals surface area contributed by atoms with Crippen molar-refractivity contribution in [3.63, 3.8) is 0 Å². The quantitative estimate of drug-likeness (QED) is 0.297. The van der Waals surface area contributed by atoms with Gasteiger partial charge in [0.1, 0.15) is 5.82 Å². The molecule has 0 unspecified atom stereocenters. The largest absolute Gasteiger partial charge is 0.341 e. The number of hydrogen-bond donors (Lipinski definition) is 2. The van der Waals surface area contributed by atoms with Crippen LogP contribution in [0.25, 0.3) is 0 Å². The third kappa shape index (κ3) is 9.90. The van der Waals surface area contributed by atoms with E-state index in [4.69, 9.17) is 5.21 Å². The molecule has 0 radical (unpaired) electrons. The maximum Gasteiger partial charge on any atom is 0.251 e. The fourth-order valence-electron chi connectivity index (χ4n) is 3.14. The summed E-state index contributed by atoms with van der Waals surface area (Å²) in [7, 11) is 0. The fourth-order valence-corrected chi connectivity index (χ4v) is 3.14. The summed E-state index contributed by atoms with van der Waals surface area (Å²) in [6.45, 7) is 8.26. The number of aryl methyl sites for hydroxylation is 1. The molecule has 0 fully saturated rings. The lowest BCUT2D eigenvalue weighted by Crippen LogP contribution is -2.28. The van der Waals surface area contributed by atoms with E-state index in [9.17, 15) is 0 Å². The zero-order chi connectivity index (χ0) is 19.0. The first kappa shape index (κ1) is 22.6. The van der Waals surface area contributed by atoms with Crippen molar-refractivity contribution in [2.75, 3.05) is 23.5 Å². The van der Waals surface area contributed by atoms with Crippen LogP contribution in [0.2, 0.25) is 0 Å². The van der Waals surface area contributed by atoms with E-state index >= 15 is 0 Å². The summed E-state index contributed by atoms with van der Waals surface area (Å²) in [6, 6.07) is 0. The summed E-state index contributed by atoms with van der Waals surface area (Å²) in [5.41, 5.74) is 2.06. The summed E-state index contributed by atoms with van der Waals surface area (Å²) < 4.78 is 0. The highest BCUT2D eigenvalue weighted by atomic mass is 16.5. The molecule has 0 spiro atoms. The molecule has 1 rings (SSSR count). The maximum atomic E-state index is 9.14. The zero-order valence-electron chi connectivity index (χ0n) is 17.1. The summed E-state index contributed by atoms with van der Waals surface area (Å²) in [5, 5.41) is 9.14. The lowest BCUT2D eigenvalue weighted by atomic mass is 10.1. The van der Waals surface area contributed by atoms with Gasteiger partial charge in [-0.25, -0.2) is 5.48 Å². The average Bonchev–Trinajstić information content (AvgIpc) is 2.64. The van der Waals surface area contributed by atoms with Crippen LogP contribution in [0, 0.1) is 6.92 Å². The first-order valence-electron chi connectivity index (χ1n) is 10.6. The van der Waals surface area contributed by atoms with Crippen LogP contribution >= 0.6 is 0 Å². The van der Waals surface area contributed by atoms with Gasteiger partial charge in [0.25, 0.3) is 5.95 Å². The van der Waals surface area contributed by atoms with Crippen molar-refractivity contribution < 1.29 is 5.21 Å². The highest BCUT2D eigenvalue weighted by Crippen LogP contribution is 2.15. The van der Waals surface area contributed by atoms with Gasteiger partial charge in [0, 0.05) is 13.1 Å². The van der Waals surface area contributed by atoms with E-state index < -0.39 is 0 Å². The van der Waals surface area contributed by atoms with Gasteiger partial charge in [0.15, 0.2) is 0 Å². The van der Waals surface area contributed by atoms with Crippen molar-refractivity contribution in [3.05, 3.63) is 5.82 Å². The lowest BCUT2D eigenvalue weighted by Gasteiger charge is -2.23. The summed E-state index contributed by atoms with van der Waals surface area (Å²) in [5.74, 6) is 1.53. The van der Waals surface area contributed by atoms with Gasteiger partial charge in [0.05, 0.1) is 0 Å². The Kier molecular flexibility index (Phi) is 12.8. The minimum absolute atomic E-state index is 0.225. The molecule has 0 bridgehead atoms. The van der Waals surface area contributed by atoms with Crippen molar-refractivity contribution in [1.82, 2.24) is 15.0 Å². The van der Waals surface area contributed by atoms with Crippen molar-refractivity contribution >= 4 is 11.9 Å². The van der Waals surface area contributed by atoms with Crippen molar-refractivity contribution in [3.8, 4) is 0 Å². The minimum Gasteiger partial charge on any atom is -0.341 e. The average molecular weight is 366 g/mol. The normalized spacial score (nSPS) is 10.9. The number of hydrogen-bond acceptors (Lipinski definition) is 6. The maximum absolute atomic E-state index is 9.14. The number of nitrogens with one attached hydrogen (secondary N) is 1. The number of aromatic nitrogens is 3. The molecule has 2 N–H and O–H groups in total. The summed E-state index contributed by atoms with van der Waals surface area (Å²) in [6.07, 6.45) is 15.3. The molecule has 6 nitrogen and oxygen atoms in total. The standard InChI is InChI=1S/C20H39N5O/c1-4-6-8-10-12-14-16-25(17-15-13-11-9-7-5-2)20-22-18(3)21-19(23-20)24-26/h26H,4-17H2,1-3H3,(H,21,22,23,24). The Morgan fingerprint density at radius 1 is 0.731 bits per heavy atom. The van der Waals surface area contributed by atoms with Gasteiger partial charge >= 0.3 is 0 Å². The van der Waals surface area contributed by atoms with Crippen LogP contribution < -0.4 is 10.4 Å². The van der Waals surface area contributed by atoms with Crippen LogP contribution in [0.5, 0.6) is 0 Å². The molecule has 0 aliphatic carbocycles. The van der Waals surface area contributed by atoms with E-state index in [-0.39, 0.29) is 5.95 Å². The van der Waals surface area contributed by atoms with Gasteiger partial charge in [0.2, 0.25) is 5.95 Å². The Morgan fingerprint density at radius 3 is 1.73 bits per heavy atom. The van der Waals surface area contributed by atoms with Crippen molar-refractivity contribution in [2.45, 2.75) is 97.8 Å². The summed E-state index contributed by atoms with van der Waals surface area (Å²) >= 11 is 0. The second kappa shape index (κ2) is 14.7. The second-order valence-electron chi connectivity index (χ2n) is 7.14. The lowest BCUT2D eigenvalue weighted by molar-refractivity contribution is 0.382. The SMILES string of the molecule is CCCCCCCCN(CCCCCCCC)c1nc(C)nc(NO)n1. The van der Waals surface area contributed by atoms with Gasteiger partial charge < -0.3 is 4.90 Å².